The number of non-ortho nitro benzene ring substituents is 1. The fourth-order valence-corrected chi connectivity index (χ4v) is 3.34. The molecule has 0 saturated heterocycles. The second-order valence-electron chi connectivity index (χ2n) is 6.24. The topological polar surface area (TPSA) is 98.8 Å². The van der Waals surface area contributed by atoms with Gasteiger partial charge in [-0.15, -0.1) is 0 Å². The highest BCUT2D eigenvalue weighted by molar-refractivity contribution is 5.88. The Bertz CT molecular complexity index is 916. The molecular weight excluding hydrogens is 320 g/mol. The molecule has 1 aromatic carbocycles. The van der Waals surface area contributed by atoms with E-state index in [1.54, 1.807) is 29.1 Å². The molecule has 1 saturated carbocycles. The van der Waals surface area contributed by atoms with Gasteiger partial charge in [0.1, 0.15) is 0 Å². The minimum Gasteiger partial charge on any atom is -0.351 e. The standard InChI is InChI=1S/C17H18N6O2/c24-23(25)15-8-4-7-14-13(15)11-19-22(14)16-9-10-18-17(21-16)20-12-5-2-1-3-6-12/h4,7-12H,1-3,5-6H2,(H,18,20,21). The number of nitro groups is 1. The molecule has 2 aromatic heterocycles. The summed E-state index contributed by atoms with van der Waals surface area (Å²) in [6, 6.07) is 7.08. The van der Waals surface area contributed by atoms with E-state index in [0.717, 1.165) is 12.8 Å². The maximum atomic E-state index is 11.2. The Morgan fingerprint density at radius 3 is 2.84 bits per heavy atom. The van der Waals surface area contributed by atoms with E-state index in [4.69, 9.17) is 0 Å². The lowest BCUT2D eigenvalue weighted by Gasteiger charge is -2.22. The summed E-state index contributed by atoms with van der Waals surface area (Å²) in [6.07, 6.45) is 9.18. The van der Waals surface area contributed by atoms with E-state index in [0.29, 0.717) is 28.7 Å². The predicted molar refractivity (Wildman–Crippen MR) is 93.8 cm³/mol. The smallest absolute Gasteiger partial charge is 0.280 e. The summed E-state index contributed by atoms with van der Waals surface area (Å²) < 4.78 is 1.61. The molecule has 1 N–H and O–H groups in total. The quantitative estimate of drug-likeness (QED) is 0.577. The van der Waals surface area contributed by atoms with E-state index < -0.39 is 4.92 Å². The SMILES string of the molecule is O=[N+]([O-])c1cccc2c1cnn2-c1ccnc(NC2CCCCC2)n1. The Morgan fingerprint density at radius 1 is 1.20 bits per heavy atom. The zero-order valence-electron chi connectivity index (χ0n) is 13.6. The van der Waals surface area contributed by atoms with Crippen LogP contribution in [0.1, 0.15) is 32.1 Å². The fourth-order valence-electron chi connectivity index (χ4n) is 3.34. The van der Waals surface area contributed by atoms with E-state index in [1.165, 1.54) is 31.5 Å². The van der Waals surface area contributed by atoms with Gasteiger partial charge < -0.3 is 5.32 Å². The van der Waals surface area contributed by atoms with Crippen LogP contribution in [-0.2, 0) is 0 Å². The molecule has 3 aromatic rings. The van der Waals surface area contributed by atoms with E-state index >= 15 is 0 Å². The number of hydrogen-bond acceptors (Lipinski definition) is 6. The molecule has 0 unspecified atom stereocenters. The van der Waals surface area contributed by atoms with Crippen LogP contribution in [0.3, 0.4) is 0 Å². The molecule has 0 aliphatic heterocycles. The first-order chi connectivity index (χ1) is 12.2. The van der Waals surface area contributed by atoms with Crippen LogP contribution in [0.2, 0.25) is 0 Å². The summed E-state index contributed by atoms with van der Waals surface area (Å²) in [4.78, 5) is 19.6. The molecule has 128 valence electrons. The van der Waals surface area contributed by atoms with Crippen molar-refractivity contribution in [2.75, 3.05) is 5.32 Å². The maximum Gasteiger partial charge on any atom is 0.280 e. The van der Waals surface area contributed by atoms with Crippen molar-refractivity contribution in [3.05, 3.63) is 46.8 Å². The monoisotopic (exact) mass is 338 g/mol. The third-order valence-electron chi connectivity index (χ3n) is 4.58. The van der Waals surface area contributed by atoms with Crippen molar-refractivity contribution < 1.29 is 4.92 Å². The minimum absolute atomic E-state index is 0.0401. The number of anilines is 1. The average Bonchev–Trinajstić information content (AvgIpc) is 3.07. The predicted octanol–water partition coefficient (Wildman–Crippen LogP) is 3.47. The highest BCUT2D eigenvalue weighted by Crippen LogP contribution is 2.26. The molecule has 8 heteroatoms. The van der Waals surface area contributed by atoms with Crippen LogP contribution >= 0.6 is 0 Å². The van der Waals surface area contributed by atoms with Gasteiger partial charge in [0.15, 0.2) is 5.82 Å². The Kier molecular flexibility index (Phi) is 4.01. The number of hydrogen-bond donors (Lipinski definition) is 1. The second-order valence-corrected chi connectivity index (χ2v) is 6.24. The van der Waals surface area contributed by atoms with Gasteiger partial charge in [0.25, 0.3) is 5.69 Å². The van der Waals surface area contributed by atoms with Crippen LogP contribution < -0.4 is 5.32 Å². The van der Waals surface area contributed by atoms with Gasteiger partial charge in [0, 0.05) is 24.4 Å². The van der Waals surface area contributed by atoms with Gasteiger partial charge in [-0.05, 0) is 18.9 Å². The van der Waals surface area contributed by atoms with Gasteiger partial charge in [-0.25, -0.2) is 9.67 Å². The summed E-state index contributed by atoms with van der Waals surface area (Å²) in [5.41, 5.74) is 0.690. The van der Waals surface area contributed by atoms with Crippen LogP contribution in [-0.4, -0.2) is 30.7 Å². The summed E-state index contributed by atoms with van der Waals surface area (Å²) in [5.74, 6) is 1.15. The average molecular weight is 338 g/mol. The summed E-state index contributed by atoms with van der Waals surface area (Å²) >= 11 is 0. The van der Waals surface area contributed by atoms with Gasteiger partial charge in [-0.2, -0.15) is 10.1 Å². The second kappa shape index (κ2) is 6.46. The molecule has 4 rings (SSSR count). The van der Waals surface area contributed by atoms with Gasteiger partial charge in [-0.1, -0.05) is 25.3 Å². The van der Waals surface area contributed by atoms with Gasteiger partial charge in [-0.3, -0.25) is 10.1 Å². The Morgan fingerprint density at radius 2 is 2.04 bits per heavy atom. The van der Waals surface area contributed by atoms with Gasteiger partial charge in [0.05, 0.1) is 22.0 Å². The van der Waals surface area contributed by atoms with Gasteiger partial charge >= 0.3 is 0 Å². The van der Waals surface area contributed by atoms with Crippen molar-refractivity contribution in [3.8, 4) is 5.82 Å². The summed E-state index contributed by atoms with van der Waals surface area (Å²) in [5, 5.41) is 19.3. The van der Waals surface area contributed by atoms with Crippen LogP contribution in [0, 0.1) is 10.1 Å². The van der Waals surface area contributed by atoms with Crippen molar-refractivity contribution in [3.63, 3.8) is 0 Å². The molecule has 1 aliphatic rings. The summed E-state index contributed by atoms with van der Waals surface area (Å²) in [7, 11) is 0. The van der Waals surface area contributed by atoms with E-state index in [2.05, 4.69) is 20.4 Å². The molecule has 0 radical (unpaired) electrons. The first-order valence-corrected chi connectivity index (χ1v) is 8.43. The minimum atomic E-state index is -0.398. The first kappa shape index (κ1) is 15.5. The largest absolute Gasteiger partial charge is 0.351 e. The number of nitrogens with zero attached hydrogens (tertiary/aromatic N) is 5. The zero-order valence-corrected chi connectivity index (χ0v) is 13.6. The lowest BCUT2D eigenvalue weighted by Crippen LogP contribution is -2.23. The molecule has 1 fully saturated rings. The van der Waals surface area contributed by atoms with E-state index in [1.807, 2.05) is 0 Å². The number of rotatable bonds is 4. The normalized spacial score (nSPS) is 15.4. The Balaban J connectivity index is 1.68. The zero-order chi connectivity index (χ0) is 17.2. The Hall–Kier alpha value is -3.03. The molecule has 0 atom stereocenters. The van der Waals surface area contributed by atoms with Crippen LogP contribution in [0.5, 0.6) is 0 Å². The molecule has 2 heterocycles. The number of nitro benzene ring substituents is 1. The number of fused-ring (bicyclic) bond motifs is 1. The number of benzene rings is 1. The lowest BCUT2D eigenvalue weighted by atomic mass is 9.96. The summed E-state index contributed by atoms with van der Waals surface area (Å²) in [6.45, 7) is 0. The molecule has 8 nitrogen and oxygen atoms in total. The number of aromatic nitrogens is 4. The molecule has 0 spiro atoms. The number of nitrogens with one attached hydrogen (secondary N) is 1. The van der Waals surface area contributed by atoms with E-state index in [-0.39, 0.29) is 5.69 Å². The molecule has 1 aliphatic carbocycles. The Labute approximate surface area is 144 Å². The first-order valence-electron chi connectivity index (χ1n) is 8.43. The molecular formula is C17H18N6O2. The van der Waals surface area contributed by atoms with Crippen LogP contribution in [0.15, 0.2) is 36.7 Å². The third kappa shape index (κ3) is 3.02. The van der Waals surface area contributed by atoms with Crippen molar-refractivity contribution in [1.29, 1.82) is 0 Å². The van der Waals surface area contributed by atoms with Crippen molar-refractivity contribution in [1.82, 2.24) is 19.7 Å². The van der Waals surface area contributed by atoms with Crippen molar-refractivity contribution in [2.45, 2.75) is 38.1 Å². The van der Waals surface area contributed by atoms with Crippen molar-refractivity contribution >= 4 is 22.5 Å². The highest BCUT2D eigenvalue weighted by Gasteiger charge is 2.17. The highest BCUT2D eigenvalue weighted by atomic mass is 16.6. The third-order valence-corrected chi connectivity index (χ3v) is 4.58. The van der Waals surface area contributed by atoms with Crippen LogP contribution in [0.4, 0.5) is 11.6 Å². The van der Waals surface area contributed by atoms with Crippen LogP contribution in [0.25, 0.3) is 16.7 Å². The molecule has 0 amide bonds. The molecule has 0 bridgehead atoms. The van der Waals surface area contributed by atoms with Crippen molar-refractivity contribution in [2.24, 2.45) is 0 Å². The maximum absolute atomic E-state index is 11.2. The van der Waals surface area contributed by atoms with E-state index in [9.17, 15) is 10.1 Å². The van der Waals surface area contributed by atoms with Gasteiger partial charge in [0.2, 0.25) is 5.95 Å². The molecule has 25 heavy (non-hydrogen) atoms. The lowest BCUT2D eigenvalue weighted by molar-refractivity contribution is -0.383. The fraction of sp³-hybridized carbons (Fsp3) is 0.353.